The van der Waals surface area contributed by atoms with Crippen molar-refractivity contribution in [2.75, 3.05) is 6.54 Å². The highest BCUT2D eigenvalue weighted by Gasteiger charge is 2.62. The average Bonchev–Trinajstić information content (AvgIpc) is 3.37. The highest BCUT2D eigenvalue weighted by molar-refractivity contribution is 5.89. The van der Waals surface area contributed by atoms with E-state index in [0.717, 1.165) is 49.7 Å². The van der Waals surface area contributed by atoms with E-state index >= 15 is 0 Å². The number of hydrogen-bond acceptors (Lipinski definition) is 2. The van der Waals surface area contributed by atoms with Gasteiger partial charge in [-0.3, -0.25) is 9.59 Å². The van der Waals surface area contributed by atoms with Gasteiger partial charge < -0.3 is 10.6 Å². The summed E-state index contributed by atoms with van der Waals surface area (Å²) < 4.78 is 0. The van der Waals surface area contributed by atoms with Gasteiger partial charge in [0.15, 0.2) is 0 Å². The van der Waals surface area contributed by atoms with Crippen molar-refractivity contribution in [3.8, 4) is 0 Å². The average molecular weight is 399 g/mol. The zero-order valence-electron chi connectivity index (χ0n) is 18.9. The Labute approximate surface area is 176 Å². The molecule has 4 rings (SSSR count). The van der Waals surface area contributed by atoms with Crippen LogP contribution in [-0.4, -0.2) is 24.4 Å². The minimum atomic E-state index is -0.409. The predicted molar refractivity (Wildman–Crippen MR) is 116 cm³/mol. The Morgan fingerprint density at radius 1 is 0.931 bits per heavy atom. The van der Waals surface area contributed by atoms with E-state index in [1.807, 2.05) is 6.92 Å². The number of hydrogen-bond donors (Lipinski definition) is 2. The summed E-state index contributed by atoms with van der Waals surface area (Å²) in [5.41, 5.74) is 1.46. The summed E-state index contributed by atoms with van der Waals surface area (Å²) in [5.74, 6) is 1.32. The van der Waals surface area contributed by atoms with Crippen LogP contribution in [0.5, 0.6) is 0 Å². The van der Waals surface area contributed by atoms with Crippen LogP contribution in [0.15, 0.2) is 24.3 Å². The Bertz CT molecular complexity index is 795. The number of carbonyl (C=O) groups excluding carboxylic acids is 2. The molecule has 4 fully saturated rings. The van der Waals surface area contributed by atoms with Crippen molar-refractivity contribution in [1.29, 1.82) is 0 Å². The summed E-state index contributed by atoms with van der Waals surface area (Å²) in [7, 11) is 0. The van der Waals surface area contributed by atoms with Crippen LogP contribution in [0.2, 0.25) is 0 Å². The van der Waals surface area contributed by atoms with Crippen LogP contribution in [0.3, 0.4) is 0 Å². The Morgan fingerprint density at radius 3 is 1.79 bits per heavy atom. The van der Waals surface area contributed by atoms with E-state index in [2.05, 4.69) is 51.5 Å². The van der Waals surface area contributed by atoms with Crippen LogP contribution in [0, 0.1) is 33.5 Å². The van der Waals surface area contributed by atoms with Crippen LogP contribution < -0.4 is 10.6 Å². The van der Waals surface area contributed by atoms with Gasteiger partial charge in [-0.25, -0.2) is 0 Å². The number of rotatable bonds is 5. The van der Waals surface area contributed by atoms with E-state index in [9.17, 15) is 9.59 Å². The van der Waals surface area contributed by atoms with Crippen LogP contribution >= 0.6 is 0 Å². The van der Waals surface area contributed by atoms with Gasteiger partial charge in [-0.05, 0) is 68.1 Å². The van der Waals surface area contributed by atoms with E-state index in [0.29, 0.717) is 18.4 Å². The fourth-order valence-electron chi connectivity index (χ4n) is 7.11. The second-order valence-electron chi connectivity index (χ2n) is 11.5. The molecule has 160 valence electrons. The van der Waals surface area contributed by atoms with Crippen molar-refractivity contribution in [2.45, 2.75) is 79.2 Å². The molecular formula is C25H38N2O2. The van der Waals surface area contributed by atoms with Crippen molar-refractivity contribution < 1.29 is 9.59 Å². The molecule has 4 bridgehead atoms. The molecule has 0 saturated heterocycles. The molecule has 0 aliphatic heterocycles. The minimum Gasteiger partial charge on any atom is -0.353 e. The Morgan fingerprint density at radius 2 is 1.38 bits per heavy atom. The summed E-state index contributed by atoms with van der Waals surface area (Å²) in [6, 6.07) is -0.104. The molecule has 4 saturated carbocycles. The van der Waals surface area contributed by atoms with Gasteiger partial charge in [-0.1, -0.05) is 52.0 Å². The number of amides is 2. The molecule has 0 aromatic carbocycles. The zero-order chi connectivity index (χ0) is 21.4. The van der Waals surface area contributed by atoms with E-state index in [1.165, 1.54) is 0 Å². The molecule has 0 aromatic rings. The second-order valence-corrected chi connectivity index (χ2v) is 11.5. The van der Waals surface area contributed by atoms with Gasteiger partial charge in [0.1, 0.15) is 0 Å². The van der Waals surface area contributed by atoms with Crippen molar-refractivity contribution in [2.24, 2.45) is 33.5 Å². The molecule has 4 aliphatic rings. The van der Waals surface area contributed by atoms with Crippen molar-refractivity contribution >= 4 is 11.8 Å². The van der Waals surface area contributed by atoms with Crippen LogP contribution in [0.4, 0.5) is 0 Å². The molecule has 29 heavy (non-hydrogen) atoms. The van der Waals surface area contributed by atoms with Gasteiger partial charge >= 0.3 is 0 Å². The fraction of sp³-hybridized carbons (Fsp3) is 0.760. The normalized spacial score (nSPS) is 39.6. The first kappa shape index (κ1) is 20.7. The zero-order valence-corrected chi connectivity index (χ0v) is 18.9. The Hall–Kier alpha value is -1.58. The Balaban J connectivity index is 1.36. The fourth-order valence-corrected chi connectivity index (χ4v) is 7.11. The topological polar surface area (TPSA) is 58.2 Å². The lowest BCUT2D eigenvalue weighted by Crippen LogP contribution is -2.50. The number of nitrogens with one attached hydrogen (secondary N) is 2. The summed E-state index contributed by atoms with van der Waals surface area (Å²) in [6.45, 7) is 20.0. The summed E-state index contributed by atoms with van der Waals surface area (Å²) in [5, 5.41) is 6.32. The minimum absolute atomic E-state index is 0.0425. The number of fused-ring (bicyclic) bond motifs is 4. The maximum Gasteiger partial charge on any atom is 0.230 e. The summed E-state index contributed by atoms with van der Waals surface area (Å²) in [6.07, 6.45) is 5.86. The maximum absolute atomic E-state index is 13.2. The highest BCUT2D eigenvalue weighted by Crippen LogP contribution is 2.66. The largest absolute Gasteiger partial charge is 0.353 e. The van der Waals surface area contributed by atoms with Gasteiger partial charge in [0.05, 0.1) is 10.8 Å². The van der Waals surface area contributed by atoms with Gasteiger partial charge in [0, 0.05) is 12.6 Å². The lowest BCUT2D eigenvalue weighted by Gasteiger charge is -2.38. The molecule has 0 aromatic heterocycles. The van der Waals surface area contributed by atoms with Gasteiger partial charge in [0.25, 0.3) is 0 Å². The molecule has 0 spiro atoms. The lowest BCUT2D eigenvalue weighted by atomic mass is 9.68. The third-order valence-electron chi connectivity index (χ3n) is 9.60. The molecule has 2 N–H and O–H groups in total. The molecule has 4 aliphatic carbocycles. The van der Waals surface area contributed by atoms with Crippen LogP contribution in [0.25, 0.3) is 0 Å². The first-order valence-electron chi connectivity index (χ1n) is 11.4. The lowest BCUT2D eigenvalue weighted by molar-refractivity contribution is -0.131. The van der Waals surface area contributed by atoms with Crippen molar-refractivity contribution in [3.63, 3.8) is 0 Å². The molecule has 3 unspecified atom stereocenters. The molecule has 4 heteroatoms. The van der Waals surface area contributed by atoms with Gasteiger partial charge in [-0.15, -0.1) is 0 Å². The second kappa shape index (κ2) is 6.21. The van der Waals surface area contributed by atoms with E-state index in [1.54, 1.807) is 0 Å². The van der Waals surface area contributed by atoms with Crippen molar-refractivity contribution in [3.05, 3.63) is 24.3 Å². The quantitative estimate of drug-likeness (QED) is 0.676. The molecule has 0 radical (unpaired) electrons. The summed E-state index contributed by atoms with van der Waals surface area (Å²) >= 11 is 0. The monoisotopic (exact) mass is 398 g/mol. The molecule has 2 amide bonds. The van der Waals surface area contributed by atoms with E-state index in [4.69, 9.17) is 0 Å². The van der Waals surface area contributed by atoms with E-state index in [-0.39, 0.29) is 28.7 Å². The standard InChI is InChI=1S/C25H38N2O2/c1-15(27-21(29)25-11-9-19(13-25)23(6,7)17(25)3)14-26-20(28)24-10-8-18(12-24)22(4,5)16(24)2/h15,18-19H,2-3,8-14H2,1,4-7H3,(H,26,28)(H,27,29)/t15?,18?,19?,24-,25-/m0/s1. The SMILES string of the molecule is C=C1C(C)(C)C2CC[C@]1(C(=O)NCC(C)NC(=O)[C@@]13CCC(C1)C(C)(C)C3=C)C2. The first-order chi connectivity index (χ1) is 13.4. The first-order valence-corrected chi connectivity index (χ1v) is 11.4. The van der Waals surface area contributed by atoms with Gasteiger partial charge in [-0.2, -0.15) is 0 Å². The third-order valence-corrected chi connectivity index (χ3v) is 9.60. The van der Waals surface area contributed by atoms with Crippen LogP contribution in [-0.2, 0) is 9.59 Å². The number of carbonyl (C=O) groups is 2. The predicted octanol–water partition coefficient (Wildman–Crippen LogP) is 4.37. The highest BCUT2D eigenvalue weighted by atomic mass is 16.2. The van der Waals surface area contributed by atoms with Crippen molar-refractivity contribution in [1.82, 2.24) is 10.6 Å². The molecule has 0 heterocycles. The smallest absolute Gasteiger partial charge is 0.230 e. The molecule has 4 nitrogen and oxygen atoms in total. The van der Waals surface area contributed by atoms with E-state index < -0.39 is 10.8 Å². The maximum atomic E-state index is 13.2. The summed E-state index contributed by atoms with van der Waals surface area (Å²) in [4.78, 5) is 26.3. The molecular weight excluding hydrogens is 360 g/mol. The van der Waals surface area contributed by atoms with Crippen LogP contribution in [0.1, 0.15) is 73.1 Å². The Kier molecular flexibility index (Phi) is 4.43. The van der Waals surface area contributed by atoms with Gasteiger partial charge in [0.2, 0.25) is 11.8 Å². The third kappa shape index (κ3) is 2.63. The molecule has 5 atom stereocenters.